The van der Waals surface area contributed by atoms with Gasteiger partial charge in [0.2, 0.25) is 11.8 Å². The summed E-state index contributed by atoms with van der Waals surface area (Å²) in [6, 6.07) is 10.0. The van der Waals surface area contributed by atoms with E-state index in [9.17, 15) is 14.4 Å². The monoisotopic (exact) mass is 360 g/mol. The summed E-state index contributed by atoms with van der Waals surface area (Å²) in [5, 5.41) is 9.01. The van der Waals surface area contributed by atoms with Crippen molar-refractivity contribution in [3.05, 3.63) is 35.9 Å². The first-order chi connectivity index (χ1) is 12.5. The summed E-state index contributed by atoms with van der Waals surface area (Å²) in [5.41, 5.74) is 1.24. The molecule has 2 amide bonds. The van der Waals surface area contributed by atoms with Crippen molar-refractivity contribution in [2.75, 3.05) is 19.6 Å². The van der Waals surface area contributed by atoms with E-state index < -0.39 is 5.97 Å². The number of hydrogen-bond donors (Lipinski definition) is 1. The van der Waals surface area contributed by atoms with E-state index in [-0.39, 0.29) is 24.4 Å². The number of carboxylic acids is 1. The third-order valence-corrected chi connectivity index (χ3v) is 4.90. The van der Waals surface area contributed by atoms with Crippen LogP contribution in [0.2, 0.25) is 0 Å². The zero-order chi connectivity index (χ0) is 18.9. The Morgan fingerprint density at radius 3 is 2.54 bits per heavy atom. The first kappa shape index (κ1) is 19.9. The second-order valence-electron chi connectivity index (χ2n) is 6.85. The van der Waals surface area contributed by atoms with Crippen LogP contribution in [0.5, 0.6) is 0 Å². The van der Waals surface area contributed by atoms with Crippen LogP contribution >= 0.6 is 0 Å². The molecule has 1 saturated heterocycles. The second-order valence-corrected chi connectivity index (χ2v) is 6.85. The van der Waals surface area contributed by atoms with Gasteiger partial charge < -0.3 is 14.9 Å². The molecular formula is C20H28N2O4. The van der Waals surface area contributed by atoms with E-state index in [0.29, 0.717) is 25.9 Å². The zero-order valence-electron chi connectivity index (χ0n) is 15.4. The quantitative estimate of drug-likeness (QED) is 0.809. The summed E-state index contributed by atoms with van der Waals surface area (Å²) in [7, 11) is 0. The number of nitrogens with zero attached hydrogens (tertiary/aromatic N) is 2. The van der Waals surface area contributed by atoms with Gasteiger partial charge in [0, 0.05) is 32.5 Å². The van der Waals surface area contributed by atoms with Crippen LogP contribution in [0.1, 0.15) is 44.6 Å². The van der Waals surface area contributed by atoms with Crippen molar-refractivity contribution in [2.24, 2.45) is 0 Å². The van der Waals surface area contributed by atoms with Gasteiger partial charge >= 0.3 is 5.97 Å². The first-order valence-corrected chi connectivity index (χ1v) is 9.28. The van der Waals surface area contributed by atoms with Crippen LogP contribution in [-0.2, 0) is 20.8 Å². The largest absolute Gasteiger partial charge is 0.480 e. The molecule has 1 heterocycles. The molecule has 1 aromatic rings. The lowest BCUT2D eigenvalue weighted by atomic mass is 10.1. The molecule has 0 aromatic heterocycles. The van der Waals surface area contributed by atoms with Crippen LogP contribution in [0.4, 0.5) is 0 Å². The van der Waals surface area contributed by atoms with E-state index in [1.807, 2.05) is 23.1 Å². The number of benzene rings is 1. The first-order valence-electron chi connectivity index (χ1n) is 9.28. The molecule has 1 fully saturated rings. The van der Waals surface area contributed by atoms with E-state index in [1.54, 1.807) is 0 Å². The molecule has 0 saturated carbocycles. The van der Waals surface area contributed by atoms with Crippen molar-refractivity contribution in [1.82, 2.24) is 9.80 Å². The molecule has 1 N–H and O–H groups in total. The number of aryl methyl sites for hydroxylation is 1. The Labute approximate surface area is 154 Å². The molecule has 2 rings (SSSR count). The highest BCUT2D eigenvalue weighted by atomic mass is 16.4. The molecule has 1 aromatic carbocycles. The average molecular weight is 360 g/mol. The molecule has 1 atom stereocenters. The maximum Gasteiger partial charge on any atom is 0.323 e. The Kier molecular flexibility index (Phi) is 7.63. The Bertz CT molecular complexity index is 617. The SMILES string of the molecule is CC(=O)N(CC(=O)O)[C@H]1CCCN(C(=O)CCCc2ccccc2)CC1. The van der Waals surface area contributed by atoms with Gasteiger partial charge in [-0.15, -0.1) is 0 Å². The van der Waals surface area contributed by atoms with E-state index in [0.717, 1.165) is 25.7 Å². The topological polar surface area (TPSA) is 77.9 Å². The molecular weight excluding hydrogens is 332 g/mol. The summed E-state index contributed by atoms with van der Waals surface area (Å²) in [5.74, 6) is -1.08. The zero-order valence-corrected chi connectivity index (χ0v) is 15.4. The normalized spacial score (nSPS) is 17.4. The maximum atomic E-state index is 12.5. The smallest absolute Gasteiger partial charge is 0.323 e. The fourth-order valence-corrected chi connectivity index (χ4v) is 3.53. The van der Waals surface area contributed by atoms with E-state index >= 15 is 0 Å². The van der Waals surface area contributed by atoms with Crippen molar-refractivity contribution in [1.29, 1.82) is 0 Å². The molecule has 26 heavy (non-hydrogen) atoms. The maximum absolute atomic E-state index is 12.5. The van der Waals surface area contributed by atoms with Crippen molar-refractivity contribution in [2.45, 2.75) is 51.5 Å². The second kappa shape index (κ2) is 9.94. The Hall–Kier alpha value is -2.37. The van der Waals surface area contributed by atoms with Gasteiger partial charge in [0.1, 0.15) is 6.54 Å². The number of carboxylic acid groups (broad SMARTS) is 1. The van der Waals surface area contributed by atoms with Crippen LogP contribution in [0.3, 0.4) is 0 Å². The molecule has 0 spiro atoms. The lowest BCUT2D eigenvalue weighted by molar-refractivity contribution is -0.145. The van der Waals surface area contributed by atoms with Gasteiger partial charge in [0.15, 0.2) is 0 Å². The number of aliphatic carboxylic acids is 1. The molecule has 0 radical (unpaired) electrons. The van der Waals surface area contributed by atoms with E-state index in [2.05, 4.69) is 12.1 Å². The summed E-state index contributed by atoms with van der Waals surface area (Å²) in [4.78, 5) is 38.5. The molecule has 142 valence electrons. The molecule has 0 aliphatic carbocycles. The average Bonchev–Trinajstić information content (AvgIpc) is 2.86. The lowest BCUT2D eigenvalue weighted by Gasteiger charge is -2.28. The minimum atomic E-state index is -1.00. The third kappa shape index (κ3) is 6.17. The van der Waals surface area contributed by atoms with Gasteiger partial charge in [0.25, 0.3) is 0 Å². The fraction of sp³-hybridized carbons (Fsp3) is 0.550. The van der Waals surface area contributed by atoms with Crippen LogP contribution < -0.4 is 0 Å². The minimum Gasteiger partial charge on any atom is -0.480 e. The molecule has 6 heteroatoms. The summed E-state index contributed by atoms with van der Waals surface area (Å²) in [6.45, 7) is 2.39. The number of likely N-dealkylation sites (tertiary alicyclic amines) is 1. The lowest BCUT2D eigenvalue weighted by Crippen LogP contribution is -2.43. The van der Waals surface area contributed by atoms with Gasteiger partial charge in [-0.1, -0.05) is 30.3 Å². The Morgan fingerprint density at radius 2 is 1.88 bits per heavy atom. The molecule has 6 nitrogen and oxygen atoms in total. The molecule has 0 bridgehead atoms. The number of carbonyl (C=O) groups excluding carboxylic acids is 2. The highest BCUT2D eigenvalue weighted by Crippen LogP contribution is 2.18. The number of rotatable bonds is 7. The van der Waals surface area contributed by atoms with Gasteiger partial charge in [-0.2, -0.15) is 0 Å². The van der Waals surface area contributed by atoms with E-state index in [4.69, 9.17) is 5.11 Å². The number of carbonyl (C=O) groups is 3. The summed E-state index contributed by atoms with van der Waals surface area (Å²) in [6.07, 6.45) is 4.39. The molecule has 1 aliphatic rings. The van der Waals surface area contributed by atoms with E-state index in [1.165, 1.54) is 17.4 Å². The summed E-state index contributed by atoms with van der Waals surface area (Å²) < 4.78 is 0. The highest BCUT2D eigenvalue weighted by Gasteiger charge is 2.27. The van der Waals surface area contributed by atoms with Crippen LogP contribution in [0.15, 0.2) is 30.3 Å². The third-order valence-electron chi connectivity index (χ3n) is 4.90. The molecule has 0 unspecified atom stereocenters. The van der Waals surface area contributed by atoms with Gasteiger partial charge in [-0.05, 0) is 37.7 Å². The van der Waals surface area contributed by atoms with Crippen LogP contribution in [0, 0.1) is 0 Å². The van der Waals surface area contributed by atoms with Gasteiger partial charge in [-0.25, -0.2) is 0 Å². The van der Waals surface area contributed by atoms with Crippen LogP contribution in [-0.4, -0.2) is 58.4 Å². The number of amides is 2. The summed E-state index contributed by atoms with van der Waals surface area (Å²) >= 11 is 0. The van der Waals surface area contributed by atoms with Gasteiger partial charge in [-0.3, -0.25) is 14.4 Å². The highest BCUT2D eigenvalue weighted by molar-refractivity contribution is 5.80. The Balaban J connectivity index is 1.82. The number of hydrogen-bond acceptors (Lipinski definition) is 3. The van der Waals surface area contributed by atoms with Crippen molar-refractivity contribution in [3.63, 3.8) is 0 Å². The van der Waals surface area contributed by atoms with Crippen molar-refractivity contribution < 1.29 is 19.5 Å². The molecule has 1 aliphatic heterocycles. The predicted octanol–water partition coefficient (Wildman–Crippen LogP) is 2.32. The van der Waals surface area contributed by atoms with Crippen molar-refractivity contribution in [3.8, 4) is 0 Å². The van der Waals surface area contributed by atoms with Gasteiger partial charge in [0.05, 0.1) is 0 Å². The fourth-order valence-electron chi connectivity index (χ4n) is 3.53. The minimum absolute atomic E-state index is 0.106. The van der Waals surface area contributed by atoms with Crippen LogP contribution in [0.25, 0.3) is 0 Å². The predicted molar refractivity (Wildman–Crippen MR) is 98.6 cm³/mol. The van der Waals surface area contributed by atoms with Crippen molar-refractivity contribution >= 4 is 17.8 Å². The Morgan fingerprint density at radius 1 is 1.15 bits per heavy atom. The standard InChI is InChI=1S/C20H28N2O4/c1-16(23)22(15-20(25)26)18-10-6-13-21(14-12-18)19(24)11-5-9-17-7-3-2-4-8-17/h2-4,7-8,18H,5-6,9-15H2,1H3,(H,25,26)/t18-/m0/s1.